The fourth-order valence-electron chi connectivity index (χ4n) is 2.42. The number of aliphatic carboxylic acids is 1. The SMILES string of the molecule is O=C(O)CNCC1CCCN(C(=O)c2c[nH]c(=O)cn2)C1. The number of carboxylic acids is 1. The number of rotatable bonds is 5. The van der Waals surface area contributed by atoms with Crippen molar-refractivity contribution in [3.05, 3.63) is 28.4 Å². The minimum Gasteiger partial charge on any atom is -0.480 e. The highest BCUT2D eigenvalue weighted by atomic mass is 16.4. The fraction of sp³-hybridized carbons (Fsp3) is 0.538. The van der Waals surface area contributed by atoms with E-state index < -0.39 is 5.97 Å². The molecule has 1 aliphatic rings. The van der Waals surface area contributed by atoms with E-state index in [1.54, 1.807) is 4.90 Å². The van der Waals surface area contributed by atoms with E-state index in [4.69, 9.17) is 5.11 Å². The third kappa shape index (κ3) is 4.38. The van der Waals surface area contributed by atoms with E-state index in [9.17, 15) is 14.4 Å². The van der Waals surface area contributed by atoms with Crippen LogP contribution in [0.25, 0.3) is 0 Å². The molecule has 1 unspecified atom stereocenters. The Morgan fingerprint density at radius 2 is 2.33 bits per heavy atom. The van der Waals surface area contributed by atoms with E-state index in [1.165, 1.54) is 6.20 Å². The summed E-state index contributed by atoms with van der Waals surface area (Å²) in [4.78, 5) is 41.6. The van der Waals surface area contributed by atoms with E-state index in [0.717, 1.165) is 19.0 Å². The summed E-state index contributed by atoms with van der Waals surface area (Å²) in [5.41, 5.74) is -0.130. The van der Waals surface area contributed by atoms with Gasteiger partial charge in [-0.05, 0) is 18.8 Å². The highest BCUT2D eigenvalue weighted by Gasteiger charge is 2.25. The van der Waals surface area contributed by atoms with Crippen LogP contribution in [0.1, 0.15) is 23.3 Å². The summed E-state index contributed by atoms with van der Waals surface area (Å²) in [5.74, 6) is -0.879. The van der Waals surface area contributed by atoms with Gasteiger partial charge in [0.2, 0.25) is 0 Å². The van der Waals surface area contributed by atoms with Crippen molar-refractivity contribution >= 4 is 11.9 Å². The summed E-state index contributed by atoms with van der Waals surface area (Å²) in [6, 6.07) is 0. The summed E-state index contributed by atoms with van der Waals surface area (Å²) < 4.78 is 0. The van der Waals surface area contributed by atoms with Crippen molar-refractivity contribution in [3.63, 3.8) is 0 Å². The standard InChI is InChI=1S/C13H18N4O4/c18-11-6-15-10(5-16-11)13(21)17-3-1-2-9(8-17)4-14-7-12(19)20/h5-6,9,14H,1-4,7-8H2,(H,16,18)(H,19,20). The number of aromatic nitrogens is 2. The molecule has 8 heteroatoms. The van der Waals surface area contributed by atoms with E-state index in [-0.39, 0.29) is 29.6 Å². The maximum absolute atomic E-state index is 12.3. The minimum atomic E-state index is -0.892. The Balaban J connectivity index is 1.90. The molecule has 1 aromatic rings. The number of hydrogen-bond acceptors (Lipinski definition) is 5. The highest BCUT2D eigenvalue weighted by Crippen LogP contribution is 2.17. The molecule has 114 valence electrons. The minimum absolute atomic E-state index is 0.0775. The number of nitrogens with one attached hydrogen (secondary N) is 2. The zero-order valence-electron chi connectivity index (χ0n) is 11.5. The summed E-state index contributed by atoms with van der Waals surface area (Å²) in [6.07, 6.45) is 4.23. The van der Waals surface area contributed by atoms with Gasteiger partial charge >= 0.3 is 5.97 Å². The Morgan fingerprint density at radius 3 is 3.00 bits per heavy atom. The van der Waals surface area contributed by atoms with Gasteiger partial charge < -0.3 is 20.3 Å². The molecule has 8 nitrogen and oxygen atoms in total. The van der Waals surface area contributed by atoms with Gasteiger partial charge in [-0.15, -0.1) is 0 Å². The largest absolute Gasteiger partial charge is 0.480 e. The number of aromatic amines is 1. The van der Waals surface area contributed by atoms with E-state index in [0.29, 0.717) is 19.6 Å². The molecule has 0 bridgehead atoms. The first-order chi connectivity index (χ1) is 10.1. The first kappa shape index (κ1) is 15.2. The number of carbonyl (C=O) groups is 2. The Kier molecular flexibility index (Phi) is 5.04. The lowest BCUT2D eigenvalue weighted by atomic mass is 9.97. The number of H-pyrrole nitrogens is 1. The molecule has 1 saturated heterocycles. The van der Waals surface area contributed by atoms with Crippen LogP contribution in [0.5, 0.6) is 0 Å². The summed E-state index contributed by atoms with van der Waals surface area (Å²) in [5, 5.41) is 11.5. The molecule has 2 rings (SSSR count). The lowest BCUT2D eigenvalue weighted by molar-refractivity contribution is -0.136. The molecule has 0 saturated carbocycles. The summed E-state index contributed by atoms with van der Waals surface area (Å²) >= 11 is 0. The lowest BCUT2D eigenvalue weighted by Gasteiger charge is -2.32. The second-order valence-electron chi connectivity index (χ2n) is 5.08. The van der Waals surface area contributed by atoms with Crippen molar-refractivity contribution in [2.24, 2.45) is 5.92 Å². The van der Waals surface area contributed by atoms with Crippen molar-refractivity contribution in [2.45, 2.75) is 12.8 Å². The maximum Gasteiger partial charge on any atom is 0.317 e. The maximum atomic E-state index is 12.3. The van der Waals surface area contributed by atoms with Gasteiger partial charge in [0.05, 0.1) is 12.7 Å². The van der Waals surface area contributed by atoms with Crippen molar-refractivity contribution in [1.82, 2.24) is 20.2 Å². The molecule has 21 heavy (non-hydrogen) atoms. The number of likely N-dealkylation sites (tertiary alicyclic amines) is 1. The molecule has 0 radical (unpaired) electrons. The van der Waals surface area contributed by atoms with Gasteiger partial charge in [-0.3, -0.25) is 14.4 Å². The Labute approximate surface area is 121 Å². The smallest absolute Gasteiger partial charge is 0.317 e. The average molecular weight is 294 g/mol. The molecule has 3 N–H and O–H groups in total. The molecule has 2 heterocycles. The van der Waals surface area contributed by atoms with E-state index >= 15 is 0 Å². The van der Waals surface area contributed by atoms with Gasteiger partial charge in [0, 0.05) is 25.8 Å². The Hall–Kier alpha value is -2.22. The van der Waals surface area contributed by atoms with Gasteiger partial charge in [0.15, 0.2) is 0 Å². The quantitative estimate of drug-likeness (QED) is 0.661. The second-order valence-corrected chi connectivity index (χ2v) is 5.08. The molecule has 1 amide bonds. The molecular formula is C13H18N4O4. The van der Waals surface area contributed by atoms with Crippen LogP contribution < -0.4 is 10.9 Å². The van der Waals surface area contributed by atoms with Gasteiger partial charge in [-0.1, -0.05) is 0 Å². The third-order valence-corrected chi connectivity index (χ3v) is 3.41. The van der Waals surface area contributed by atoms with Gasteiger partial charge in [-0.2, -0.15) is 0 Å². The van der Waals surface area contributed by atoms with Gasteiger partial charge in [0.25, 0.3) is 11.5 Å². The molecule has 1 fully saturated rings. The zero-order valence-corrected chi connectivity index (χ0v) is 11.5. The van der Waals surface area contributed by atoms with Crippen molar-refractivity contribution in [1.29, 1.82) is 0 Å². The van der Waals surface area contributed by atoms with E-state index in [1.807, 2.05) is 0 Å². The van der Waals surface area contributed by atoms with Crippen LogP contribution in [0, 0.1) is 5.92 Å². The first-order valence-corrected chi connectivity index (χ1v) is 6.83. The van der Waals surface area contributed by atoms with Crippen LogP contribution in [0.15, 0.2) is 17.2 Å². The predicted octanol–water partition coefficient (Wildman–Crippen LogP) is -0.704. The zero-order chi connectivity index (χ0) is 15.2. The van der Waals surface area contributed by atoms with Crippen LogP contribution >= 0.6 is 0 Å². The molecule has 1 aromatic heterocycles. The monoisotopic (exact) mass is 294 g/mol. The molecule has 1 atom stereocenters. The lowest BCUT2D eigenvalue weighted by Crippen LogP contribution is -2.43. The number of nitrogens with zero attached hydrogens (tertiary/aromatic N) is 2. The van der Waals surface area contributed by atoms with Crippen LogP contribution in [-0.2, 0) is 4.79 Å². The van der Waals surface area contributed by atoms with Crippen LogP contribution in [-0.4, -0.2) is 58.0 Å². The number of hydrogen-bond donors (Lipinski definition) is 3. The van der Waals surface area contributed by atoms with E-state index in [2.05, 4.69) is 15.3 Å². The van der Waals surface area contributed by atoms with Crippen molar-refractivity contribution < 1.29 is 14.7 Å². The number of amides is 1. The van der Waals surface area contributed by atoms with Crippen LogP contribution in [0.3, 0.4) is 0 Å². The van der Waals surface area contributed by atoms with Crippen LogP contribution in [0.4, 0.5) is 0 Å². The van der Waals surface area contributed by atoms with Crippen molar-refractivity contribution in [2.75, 3.05) is 26.2 Å². The first-order valence-electron chi connectivity index (χ1n) is 6.83. The molecular weight excluding hydrogens is 276 g/mol. The molecule has 0 spiro atoms. The topological polar surface area (TPSA) is 115 Å². The predicted molar refractivity (Wildman–Crippen MR) is 74.0 cm³/mol. The third-order valence-electron chi connectivity index (χ3n) is 3.41. The van der Waals surface area contributed by atoms with Gasteiger partial charge in [0.1, 0.15) is 5.69 Å². The molecule has 0 aromatic carbocycles. The number of carbonyl (C=O) groups excluding carboxylic acids is 1. The second kappa shape index (κ2) is 6.98. The summed E-state index contributed by atoms with van der Waals surface area (Å²) in [6.45, 7) is 1.70. The Bertz CT molecular complexity index is 551. The number of piperidine rings is 1. The molecule has 1 aliphatic heterocycles. The Morgan fingerprint density at radius 1 is 1.52 bits per heavy atom. The fourth-order valence-corrected chi connectivity index (χ4v) is 2.42. The van der Waals surface area contributed by atoms with Gasteiger partial charge in [-0.25, -0.2) is 4.98 Å². The normalized spacial score (nSPS) is 18.5. The average Bonchev–Trinajstić information content (AvgIpc) is 2.47. The molecule has 0 aliphatic carbocycles. The van der Waals surface area contributed by atoms with Crippen molar-refractivity contribution in [3.8, 4) is 0 Å². The van der Waals surface area contributed by atoms with Crippen LogP contribution in [0.2, 0.25) is 0 Å². The number of carboxylic acid groups (broad SMARTS) is 1. The summed E-state index contributed by atoms with van der Waals surface area (Å²) in [7, 11) is 0. The highest BCUT2D eigenvalue weighted by molar-refractivity contribution is 5.92.